The SMILES string of the molecule is CCOc1cc(/C=N/NC(=O)c2ccc(COc3ccc(-n4c(C)ccc4C)cc3)o2)cc([N+](=O)[O-])c1OCC(=O)Nc1ccc(F)cc1. The number of halogens is 1. The number of nitrogens with zero attached hydrogens (tertiary/aromatic N) is 3. The van der Waals surface area contributed by atoms with E-state index in [1.807, 2.05) is 38.1 Å². The third kappa shape index (κ3) is 8.68. The number of carbonyl (C=O) groups is 2. The van der Waals surface area contributed by atoms with Gasteiger partial charge in [-0.25, -0.2) is 9.82 Å². The zero-order valence-electron chi connectivity index (χ0n) is 26.8. The second kappa shape index (κ2) is 15.4. The number of aryl methyl sites for hydroxylation is 2. The molecule has 49 heavy (non-hydrogen) atoms. The average Bonchev–Trinajstić information content (AvgIpc) is 3.70. The fourth-order valence-electron chi connectivity index (χ4n) is 4.81. The van der Waals surface area contributed by atoms with Gasteiger partial charge in [-0.1, -0.05) is 0 Å². The van der Waals surface area contributed by atoms with E-state index in [-0.39, 0.29) is 36.0 Å². The monoisotopic (exact) mass is 669 g/mol. The zero-order chi connectivity index (χ0) is 34.9. The van der Waals surface area contributed by atoms with Gasteiger partial charge < -0.3 is 28.5 Å². The number of benzene rings is 3. The summed E-state index contributed by atoms with van der Waals surface area (Å²) >= 11 is 0. The second-order valence-electron chi connectivity index (χ2n) is 10.6. The molecule has 0 spiro atoms. The van der Waals surface area contributed by atoms with E-state index in [0.717, 1.165) is 23.1 Å². The van der Waals surface area contributed by atoms with Crippen molar-refractivity contribution in [2.75, 3.05) is 18.5 Å². The highest BCUT2D eigenvalue weighted by Gasteiger charge is 2.23. The number of amides is 2. The number of ether oxygens (including phenoxy) is 3. The third-order valence-electron chi connectivity index (χ3n) is 7.04. The molecule has 0 radical (unpaired) electrons. The van der Waals surface area contributed by atoms with Crippen LogP contribution in [0, 0.1) is 29.8 Å². The molecular formula is C35H32FN5O8. The molecular weight excluding hydrogens is 637 g/mol. The maximum atomic E-state index is 13.1. The van der Waals surface area contributed by atoms with Crippen LogP contribution >= 0.6 is 0 Å². The van der Waals surface area contributed by atoms with Gasteiger partial charge in [0.15, 0.2) is 18.1 Å². The predicted octanol–water partition coefficient (Wildman–Crippen LogP) is 6.49. The van der Waals surface area contributed by atoms with E-state index in [4.69, 9.17) is 18.6 Å². The van der Waals surface area contributed by atoms with Gasteiger partial charge in [0, 0.05) is 34.4 Å². The summed E-state index contributed by atoms with van der Waals surface area (Å²) in [7, 11) is 0. The van der Waals surface area contributed by atoms with Crippen LogP contribution in [0.2, 0.25) is 0 Å². The Morgan fingerprint density at radius 2 is 1.67 bits per heavy atom. The zero-order valence-corrected chi connectivity index (χ0v) is 26.8. The molecule has 0 unspecified atom stereocenters. The number of nitrogens with one attached hydrogen (secondary N) is 2. The highest BCUT2D eigenvalue weighted by atomic mass is 19.1. The van der Waals surface area contributed by atoms with Crippen molar-refractivity contribution in [2.45, 2.75) is 27.4 Å². The minimum atomic E-state index is -0.698. The van der Waals surface area contributed by atoms with Crippen molar-refractivity contribution in [1.82, 2.24) is 9.99 Å². The minimum Gasteiger partial charge on any atom is -0.490 e. The van der Waals surface area contributed by atoms with E-state index in [0.29, 0.717) is 17.2 Å². The van der Waals surface area contributed by atoms with Crippen LogP contribution in [-0.4, -0.2) is 40.7 Å². The topological polar surface area (TPSA) is 159 Å². The molecule has 0 aliphatic rings. The summed E-state index contributed by atoms with van der Waals surface area (Å²) in [5.41, 5.74) is 5.62. The van der Waals surface area contributed by atoms with Gasteiger partial charge in [0.25, 0.3) is 5.91 Å². The number of rotatable bonds is 14. The summed E-state index contributed by atoms with van der Waals surface area (Å²) in [5, 5.41) is 18.3. The molecule has 0 saturated carbocycles. The van der Waals surface area contributed by atoms with Gasteiger partial charge in [-0.05, 0) is 99.6 Å². The summed E-state index contributed by atoms with van der Waals surface area (Å²) in [6.45, 7) is 5.38. The van der Waals surface area contributed by atoms with E-state index in [1.54, 1.807) is 13.0 Å². The Hall–Kier alpha value is -6.44. The summed E-state index contributed by atoms with van der Waals surface area (Å²) in [4.78, 5) is 36.2. The lowest BCUT2D eigenvalue weighted by Crippen LogP contribution is -2.20. The van der Waals surface area contributed by atoms with Crippen molar-refractivity contribution >= 4 is 29.4 Å². The van der Waals surface area contributed by atoms with Gasteiger partial charge in [-0.3, -0.25) is 19.7 Å². The Morgan fingerprint density at radius 1 is 0.959 bits per heavy atom. The van der Waals surface area contributed by atoms with E-state index in [9.17, 15) is 24.1 Å². The van der Waals surface area contributed by atoms with Crippen LogP contribution in [0.3, 0.4) is 0 Å². The standard InChI is InChI=1S/C35H32FN5O8/c1-4-46-32-18-24(17-30(41(44)45)34(32)48-21-33(42)38-26-9-7-25(36)8-10-26)19-37-39-35(43)31-16-15-29(49-31)20-47-28-13-11-27(12-14-28)40-22(2)5-6-23(40)3/h5-19H,4,20-21H2,1-3H3,(H,38,42)(H,39,43)/b37-19+. The molecule has 0 aliphatic heterocycles. The minimum absolute atomic E-state index is 0.0145. The summed E-state index contributed by atoms with van der Waals surface area (Å²) in [6, 6.07) is 22.4. The third-order valence-corrected chi connectivity index (χ3v) is 7.04. The number of carbonyl (C=O) groups excluding carboxylic acids is 2. The highest BCUT2D eigenvalue weighted by molar-refractivity contribution is 5.93. The van der Waals surface area contributed by atoms with Gasteiger partial charge in [0.05, 0.1) is 17.7 Å². The largest absolute Gasteiger partial charge is 0.490 e. The number of aromatic nitrogens is 1. The quantitative estimate of drug-likeness (QED) is 0.0771. The molecule has 5 rings (SSSR count). The van der Waals surface area contributed by atoms with Gasteiger partial charge in [-0.15, -0.1) is 0 Å². The second-order valence-corrected chi connectivity index (χ2v) is 10.6. The van der Waals surface area contributed by atoms with Crippen LogP contribution in [0.1, 0.15) is 40.2 Å². The van der Waals surface area contributed by atoms with E-state index >= 15 is 0 Å². The Kier molecular flexibility index (Phi) is 10.7. The highest BCUT2D eigenvalue weighted by Crippen LogP contribution is 2.38. The van der Waals surface area contributed by atoms with Crippen molar-refractivity contribution in [3.8, 4) is 22.9 Å². The molecule has 0 bridgehead atoms. The van der Waals surface area contributed by atoms with Crippen LogP contribution in [0.4, 0.5) is 15.8 Å². The molecule has 0 aliphatic carbocycles. The molecule has 252 valence electrons. The fourth-order valence-corrected chi connectivity index (χ4v) is 4.81. The summed E-state index contributed by atoms with van der Waals surface area (Å²) < 4.78 is 37.7. The van der Waals surface area contributed by atoms with Crippen molar-refractivity contribution in [3.05, 3.63) is 129 Å². The molecule has 2 N–H and O–H groups in total. The van der Waals surface area contributed by atoms with Crippen molar-refractivity contribution in [3.63, 3.8) is 0 Å². The first kappa shape index (κ1) is 33.9. The predicted molar refractivity (Wildman–Crippen MR) is 178 cm³/mol. The maximum absolute atomic E-state index is 13.1. The average molecular weight is 670 g/mol. The van der Waals surface area contributed by atoms with Crippen LogP contribution in [0.5, 0.6) is 17.2 Å². The Balaban J connectivity index is 1.18. The molecule has 13 nitrogen and oxygen atoms in total. The van der Waals surface area contributed by atoms with Gasteiger partial charge in [-0.2, -0.15) is 5.10 Å². The maximum Gasteiger partial charge on any atom is 0.315 e. The number of nitro groups is 1. The first-order chi connectivity index (χ1) is 23.6. The first-order valence-electron chi connectivity index (χ1n) is 15.0. The molecule has 2 aromatic heterocycles. The lowest BCUT2D eigenvalue weighted by Gasteiger charge is -2.13. The molecule has 0 saturated heterocycles. The van der Waals surface area contributed by atoms with E-state index in [1.165, 1.54) is 42.6 Å². The van der Waals surface area contributed by atoms with Crippen LogP contribution in [0.25, 0.3) is 5.69 Å². The summed E-state index contributed by atoms with van der Waals surface area (Å²) in [6.07, 6.45) is 1.19. The number of nitro benzene ring substituents is 1. The van der Waals surface area contributed by atoms with E-state index < -0.39 is 34.8 Å². The Morgan fingerprint density at radius 3 is 2.35 bits per heavy atom. The molecule has 0 atom stereocenters. The normalized spacial score (nSPS) is 10.9. The number of furan rings is 1. The fraction of sp³-hybridized carbons (Fsp3) is 0.171. The van der Waals surface area contributed by atoms with Crippen molar-refractivity contribution < 1.29 is 37.5 Å². The molecule has 3 aromatic carbocycles. The van der Waals surface area contributed by atoms with Crippen molar-refractivity contribution in [2.24, 2.45) is 5.10 Å². The molecule has 5 aromatic rings. The molecule has 0 fully saturated rings. The molecule has 2 heterocycles. The number of hydrazone groups is 1. The smallest absolute Gasteiger partial charge is 0.315 e. The lowest BCUT2D eigenvalue weighted by atomic mass is 10.2. The van der Waals surface area contributed by atoms with E-state index in [2.05, 4.69) is 32.5 Å². The van der Waals surface area contributed by atoms with Crippen LogP contribution < -0.4 is 25.0 Å². The number of hydrogen-bond acceptors (Lipinski definition) is 9. The molecule has 14 heteroatoms. The van der Waals surface area contributed by atoms with Crippen molar-refractivity contribution in [1.29, 1.82) is 0 Å². The van der Waals surface area contributed by atoms with Crippen LogP contribution in [0.15, 0.2) is 94.4 Å². The van der Waals surface area contributed by atoms with Gasteiger partial charge in [0.2, 0.25) is 5.75 Å². The van der Waals surface area contributed by atoms with Crippen LogP contribution in [-0.2, 0) is 11.4 Å². The van der Waals surface area contributed by atoms with Gasteiger partial charge >= 0.3 is 11.6 Å². The lowest BCUT2D eigenvalue weighted by molar-refractivity contribution is -0.385. The Labute approximate surface area is 280 Å². The first-order valence-corrected chi connectivity index (χ1v) is 15.0. The molecule has 2 amide bonds. The Bertz CT molecular complexity index is 1960. The number of hydrogen-bond donors (Lipinski definition) is 2. The van der Waals surface area contributed by atoms with Gasteiger partial charge in [0.1, 0.15) is 23.9 Å². The summed E-state index contributed by atoms with van der Waals surface area (Å²) in [5.74, 6) is -1.02. The number of anilines is 1.